The van der Waals surface area contributed by atoms with Gasteiger partial charge in [0.1, 0.15) is 12.8 Å². The number of ether oxygens (including phenoxy) is 2. The molecule has 0 fully saturated rings. The highest BCUT2D eigenvalue weighted by Crippen LogP contribution is 2.40. The topological polar surface area (TPSA) is 61.6 Å². The van der Waals surface area contributed by atoms with Gasteiger partial charge >= 0.3 is 5.97 Å². The van der Waals surface area contributed by atoms with Crippen molar-refractivity contribution in [2.24, 2.45) is 0 Å². The zero-order valence-corrected chi connectivity index (χ0v) is 15.1. The summed E-state index contributed by atoms with van der Waals surface area (Å²) < 4.78 is 11.3. The molecular weight excluding hydrogens is 330 g/mol. The van der Waals surface area contributed by atoms with Gasteiger partial charge in [0.25, 0.3) is 0 Å². The molecule has 0 spiro atoms. The van der Waals surface area contributed by atoms with E-state index < -0.39 is 0 Å². The third-order valence-electron chi connectivity index (χ3n) is 4.34. The average molecular weight is 351 g/mol. The molecular formula is C21H21NO4. The minimum Gasteiger partial charge on any atom is -0.624 e. The van der Waals surface area contributed by atoms with Crippen LogP contribution in [-0.2, 0) is 9.53 Å². The number of hydrogen-bond donors (Lipinski definition) is 0. The van der Waals surface area contributed by atoms with E-state index in [1.807, 2.05) is 48.5 Å². The van der Waals surface area contributed by atoms with Crippen LogP contribution >= 0.6 is 0 Å². The van der Waals surface area contributed by atoms with Crippen LogP contribution < -0.4 is 4.74 Å². The van der Waals surface area contributed by atoms with Crippen LogP contribution in [0.1, 0.15) is 30.0 Å². The van der Waals surface area contributed by atoms with E-state index in [1.54, 1.807) is 14.0 Å². The molecule has 2 aromatic carbocycles. The lowest BCUT2D eigenvalue weighted by molar-refractivity contribution is -0.421. The number of benzene rings is 2. The SMILES string of the molecule is CCOC(=O)CC1=C(c2ccccc2)c2ccc(OC)cc2/C1=[N+](\C)[O-]. The molecule has 2 aromatic rings. The lowest BCUT2D eigenvalue weighted by Crippen LogP contribution is -2.17. The Kier molecular flexibility index (Phi) is 5.07. The normalized spacial score (nSPS) is 14.9. The fraction of sp³-hybridized carbons (Fsp3) is 0.238. The summed E-state index contributed by atoms with van der Waals surface area (Å²) in [6.07, 6.45) is 0.0387. The van der Waals surface area contributed by atoms with Gasteiger partial charge in [-0.1, -0.05) is 30.3 Å². The Morgan fingerprint density at radius 1 is 1.12 bits per heavy atom. The van der Waals surface area contributed by atoms with E-state index >= 15 is 0 Å². The van der Waals surface area contributed by atoms with Crippen molar-refractivity contribution < 1.29 is 19.0 Å². The highest BCUT2D eigenvalue weighted by Gasteiger charge is 2.35. The molecule has 0 N–H and O–H groups in total. The van der Waals surface area contributed by atoms with E-state index in [4.69, 9.17) is 9.47 Å². The maximum atomic E-state index is 12.4. The molecule has 26 heavy (non-hydrogen) atoms. The number of carbonyl (C=O) groups is 1. The molecule has 1 aliphatic rings. The molecule has 0 saturated heterocycles. The summed E-state index contributed by atoms with van der Waals surface area (Å²) in [6, 6.07) is 15.4. The van der Waals surface area contributed by atoms with Crippen molar-refractivity contribution >= 4 is 17.3 Å². The van der Waals surface area contributed by atoms with E-state index in [0.717, 1.165) is 27.0 Å². The standard InChI is InChI=1S/C21H21NO4/c1-4-26-19(23)13-18-20(14-8-6-5-7-9-14)16-11-10-15(25-3)12-17(16)21(18)22(2)24/h5-12H,4,13H2,1-3H3/b22-21-. The maximum absolute atomic E-state index is 12.4. The van der Waals surface area contributed by atoms with Crippen LogP contribution in [0.15, 0.2) is 54.1 Å². The van der Waals surface area contributed by atoms with Crippen LogP contribution in [0, 0.1) is 5.21 Å². The molecule has 0 aliphatic heterocycles. The first-order chi connectivity index (χ1) is 12.6. The van der Waals surface area contributed by atoms with Crippen molar-refractivity contribution in [2.45, 2.75) is 13.3 Å². The van der Waals surface area contributed by atoms with Crippen molar-refractivity contribution in [1.29, 1.82) is 0 Å². The molecule has 0 unspecified atom stereocenters. The minimum atomic E-state index is -0.352. The average Bonchev–Trinajstić information content (AvgIpc) is 2.95. The Bertz CT molecular complexity index is 893. The first kappa shape index (κ1) is 17.7. The molecule has 3 rings (SSSR count). The van der Waals surface area contributed by atoms with Gasteiger partial charge in [-0.3, -0.25) is 4.79 Å². The Labute approximate surface area is 152 Å². The summed E-state index contributed by atoms with van der Waals surface area (Å²) in [5.41, 5.74) is 4.67. The zero-order valence-electron chi connectivity index (χ0n) is 15.1. The summed E-state index contributed by atoms with van der Waals surface area (Å²) in [6.45, 7) is 2.07. The third-order valence-corrected chi connectivity index (χ3v) is 4.34. The molecule has 0 aromatic heterocycles. The summed E-state index contributed by atoms with van der Waals surface area (Å²) in [4.78, 5) is 12.2. The molecule has 0 atom stereocenters. The van der Waals surface area contributed by atoms with Crippen LogP contribution in [0.5, 0.6) is 5.75 Å². The highest BCUT2D eigenvalue weighted by molar-refractivity contribution is 6.24. The highest BCUT2D eigenvalue weighted by atomic mass is 16.5. The molecule has 0 heterocycles. The van der Waals surface area contributed by atoms with Crippen molar-refractivity contribution in [1.82, 2.24) is 0 Å². The number of methoxy groups -OCH3 is 1. The van der Waals surface area contributed by atoms with E-state index in [9.17, 15) is 10.0 Å². The Morgan fingerprint density at radius 2 is 1.85 bits per heavy atom. The summed E-state index contributed by atoms with van der Waals surface area (Å²) in [7, 11) is 3.03. The van der Waals surface area contributed by atoms with Gasteiger partial charge in [-0.2, -0.15) is 0 Å². The summed E-state index contributed by atoms with van der Waals surface area (Å²) in [5, 5.41) is 12.4. The number of hydroxylamine groups is 1. The number of fused-ring (bicyclic) bond motifs is 1. The van der Waals surface area contributed by atoms with Crippen LogP contribution in [0.25, 0.3) is 5.57 Å². The van der Waals surface area contributed by atoms with E-state index in [-0.39, 0.29) is 12.4 Å². The molecule has 0 saturated carbocycles. The molecule has 0 radical (unpaired) electrons. The molecule has 5 heteroatoms. The molecule has 1 aliphatic carbocycles. The molecule has 0 amide bonds. The monoisotopic (exact) mass is 351 g/mol. The van der Waals surface area contributed by atoms with Crippen LogP contribution in [0.4, 0.5) is 0 Å². The second kappa shape index (κ2) is 7.44. The van der Waals surface area contributed by atoms with E-state index in [0.29, 0.717) is 23.6 Å². The lowest BCUT2D eigenvalue weighted by atomic mass is 9.96. The van der Waals surface area contributed by atoms with Crippen LogP contribution in [-0.4, -0.2) is 37.2 Å². The molecule has 5 nitrogen and oxygen atoms in total. The van der Waals surface area contributed by atoms with Crippen LogP contribution in [0.3, 0.4) is 0 Å². The fourth-order valence-corrected chi connectivity index (χ4v) is 3.33. The number of carbonyl (C=O) groups excluding carboxylic acids is 1. The second-order valence-electron chi connectivity index (χ2n) is 5.96. The predicted octanol–water partition coefficient (Wildman–Crippen LogP) is 3.39. The van der Waals surface area contributed by atoms with Gasteiger partial charge in [0.15, 0.2) is 0 Å². The van der Waals surface area contributed by atoms with Crippen molar-refractivity contribution in [2.75, 3.05) is 20.8 Å². The van der Waals surface area contributed by atoms with Crippen molar-refractivity contribution in [3.05, 3.63) is 76.0 Å². The number of rotatable bonds is 5. The van der Waals surface area contributed by atoms with Gasteiger partial charge in [0.2, 0.25) is 5.71 Å². The Hall–Kier alpha value is -3.08. The van der Waals surface area contributed by atoms with Gasteiger partial charge in [-0.25, -0.2) is 4.74 Å². The van der Waals surface area contributed by atoms with E-state index in [2.05, 4.69) is 0 Å². The quantitative estimate of drug-likeness (QED) is 0.358. The zero-order chi connectivity index (χ0) is 18.7. The third kappa shape index (κ3) is 3.20. The first-order valence-electron chi connectivity index (χ1n) is 8.48. The van der Waals surface area contributed by atoms with Gasteiger partial charge in [0.05, 0.1) is 25.7 Å². The summed E-state index contributed by atoms with van der Waals surface area (Å²) >= 11 is 0. The van der Waals surface area contributed by atoms with Crippen LogP contribution in [0.2, 0.25) is 0 Å². The second-order valence-corrected chi connectivity index (χ2v) is 5.96. The minimum absolute atomic E-state index is 0.0387. The number of nitrogens with zero attached hydrogens (tertiary/aromatic N) is 1. The maximum Gasteiger partial charge on any atom is 0.310 e. The Morgan fingerprint density at radius 3 is 2.46 bits per heavy atom. The van der Waals surface area contributed by atoms with E-state index in [1.165, 1.54) is 7.05 Å². The molecule has 134 valence electrons. The predicted molar refractivity (Wildman–Crippen MR) is 100 cm³/mol. The van der Waals surface area contributed by atoms with Gasteiger partial charge in [-0.05, 0) is 36.2 Å². The first-order valence-corrected chi connectivity index (χ1v) is 8.48. The van der Waals surface area contributed by atoms with Crippen molar-refractivity contribution in [3.8, 4) is 5.75 Å². The largest absolute Gasteiger partial charge is 0.624 e. The van der Waals surface area contributed by atoms with Crippen molar-refractivity contribution in [3.63, 3.8) is 0 Å². The Balaban J connectivity index is 2.25. The number of hydrogen-bond acceptors (Lipinski definition) is 4. The number of esters is 1. The lowest BCUT2D eigenvalue weighted by Gasteiger charge is -2.09. The van der Waals surface area contributed by atoms with Gasteiger partial charge < -0.3 is 14.7 Å². The summed E-state index contributed by atoms with van der Waals surface area (Å²) in [5.74, 6) is 0.308. The fourth-order valence-electron chi connectivity index (χ4n) is 3.33. The van der Waals surface area contributed by atoms with Gasteiger partial charge in [-0.15, -0.1) is 0 Å². The molecule has 0 bridgehead atoms. The smallest absolute Gasteiger partial charge is 0.310 e. The van der Waals surface area contributed by atoms with Gasteiger partial charge in [0, 0.05) is 11.1 Å².